The number of benzene rings is 10. The predicted octanol–water partition coefficient (Wildman–Crippen LogP) is 19.8. The van der Waals surface area contributed by atoms with Crippen molar-refractivity contribution in [1.82, 2.24) is 39.9 Å². The number of para-hydroxylation sites is 4. The Bertz CT molecular complexity index is 4640. The van der Waals surface area contributed by atoms with Gasteiger partial charge in [0.2, 0.25) is 0 Å². The van der Waals surface area contributed by atoms with E-state index >= 15 is 0 Å². The molecule has 0 aliphatic carbocycles. The molecule has 10 aromatic carbocycles. The van der Waals surface area contributed by atoms with Crippen molar-refractivity contribution in [1.29, 1.82) is 0 Å². The zero-order valence-corrected chi connectivity index (χ0v) is 47.4. The van der Waals surface area contributed by atoms with Gasteiger partial charge in [-0.1, -0.05) is 243 Å². The van der Waals surface area contributed by atoms with Gasteiger partial charge in [0, 0.05) is 102 Å². The fourth-order valence-corrected chi connectivity index (χ4v) is 12.0. The van der Waals surface area contributed by atoms with Crippen LogP contribution in [0.3, 0.4) is 0 Å². The Morgan fingerprint density at radius 3 is 0.625 bits per heavy atom. The summed E-state index contributed by atoms with van der Waals surface area (Å²) in [6, 6.07) is 97.2. The molecule has 16 aromatic rings. The first-order chi connectivity index (χ1) is 43.6. The standard InChI is InChI=1S/C80H50N8/c1-9-61-13-5-45-81-75(61)67(17-1)53-25-33-57(34-26-53)71-49-72(58-35-27-54(28-36-58)68-18-2-10-62-14-6-46-82-76(62)68)86-79(85-71)65-41-21-51(22-42-65)52-23-43-66(44-24-52)80-87-73(59-37-29-55(30-38-59)69-19-3-11-63-15-7-47-83-77(63)69)50-74(88-80)60-39-31-56(32-40-60)70-20-4-12-64-16-8-48-84-78(64)70/h1-50H. The molecule has 6 heterocycles. The number of pyridine rings is 4. The van der Waals surface area contributed by atoms with Crippen LogP contribution in [-0.2, 0) is 0 Å². The van der Waals surface area contributed by atoms with Crippen LogP contribution in [0, 0.1) is 0 Å². The van der Waals surface area contributed by atoms with Gasteiger partial charge in [0.15, 0.2) is 11.6 Å². The van der Waals surface area contributed by atoms with Gasteiger partial charge in [0.1, 0.15) is 0 Å². The lowest BCUT2D eigenvalue weighted by Crippen LogP contribution is -1.96. The van der Waals surface area contributed by atoms with Gasteiger partial charge in [-0.2, -0.15) is 0 Å². The molecular formula is C80H50N8. The third-order valence-corrected chi connectivity index (χ3v) is 16.6. The van der Waals surface area contributed by atoms with Crippen molar-refractivity contribution >= 4 is 43.6 Å². The molecule has 0 radical (unpaired) electrons. The van der Waals surface area contributed by atoms with Crippen LogP contribution < -0.4 is 0 Å². The minimum Gasteiger partial charge on any atom is -0.256 e. The number of hydrogen-bond acceptors (Lipinski definition) is 8. The van der Waals surface area contributed by atoms with Crippen molar-refractivity contribution < 1.29 is 0 Å². The molecule has 6 aromatic heterocycles. The lowest BCUT2D eigenvalue weighted by molar-refractivity contribution is 1.18. The van der Waals surface area contributed by atoms with E-state index in [4.69, 9.17) is 39.9 Å². The monoisotopic (exact) mass is 1120 g/mol. The van der Waals surface area contributed by atoms with E-state index in [-0.39, 0.29) is 0 Å². The van der Waals surface area contributed by atoms with E-state index < -0.39 is 0 Å². The highest BCUT2D eigenvalue weighted by Crippen LogP contribution is 2.37. The molecule has 410 valence electrons. The van der Waals surface area contributed by atoms with Crippen LogP contribution in [0.4, 0.5) is 0 Å². The molecule has 0 amide bonds. The first-order valence-electron chi connectivity index (χ1n) is 29.3. The van der Waals surface area contributed by atoms with Gasteiger partial charge in [0.25, 0.3) is 0 Å². The Labute approximate surface area is 508 Å². The van der Waals surface area contributed by atoms with Crippen LogP contribution in [0.25, 0.3) is 167 Å². The first kappa shape index (κ1) is 51.6. The van der Waals surface area contributed by atoms with Crippen LogP contribution in [0.2, 0.25) is 0 Å². The molecule has 0 saturated heterocycles. The molecule has 0 aliphatic rings. The molecule has 8 nitrogen and oxygen atoms in total. The smallest absolute Gasteiger partial charge is 0.160 e. The van der Waals surface area contributed by atoms with Crippen LogP contribution >= 0.6 is 0 Å². The Morgan fingerprint density at radius 2 is 0.375 bits per heavy atom. The molecule has 0 bridgehead atoms. The maximum Gasteiger partial charge on any atom is 0.160 e. The number of aromatic nitrogens is 8. The van der Waals surface area contributed by atoms with Crippen LogP contribution in [0.1, 0.15) is 0 Å². The van der Waals surface area contributed by atoms with E-state index in [2.05, 4.69) is 255 Å². The highest BCUT2D eigenvalue weighted by Gasteiger charge is 2.17. The third-order valence-electron chi connectivity index (χ3n) is 16.6. The molecule has 0 aliphatic heterocycles. The summed E-state index contributed by atoms with van der Waals surface area (Å²) in [5.74, 6) is 1.26. The normalized spacial score (nSPS) is 11.4. The number of nitrogens with zero attached hydrogens (tertiary/aromatic N) is 8. The fourth-order valence-electron chi connectivity index (χ4n) is 12.0. The summed E-state index contributed by atoms with van der Waals surface area (Å²) in [7, 11) is 0. The average molecular weight is 1120 g/mol. The predicted molar refractivity (Wildman–Crippen MR) is 359 cm³/mol. The summed E-state index contributed by atoms with van der Waals surface area (Å²) >= 11 is 0. The fraction of sp³-hybridized carbons (Fsp3) is 0. The van der Waals surface area contributed by atoms with Crippen molar-refractivity contribution in [3.8, 4) is 123 Å². The Hall–Kier alpha value is -12.0. The second kappa shape index (κ2) is 22.2. The van der Waals surface area contributed by atoms with Crippen molar-refractivity contribution in [2.24, 2.45) is 0 Å². The van der Waals surface area contributed by atoms with Gasteiger partial charge in [-0.15, -0.1) is 0 Å². The first-order valence-corrected chi connectivity index (χ1v) is 29.3. The van der Waals surface area contributed by atoms with E-state index in [0.29, 0.717) is 11.6 Å². The molecule has 0 fully saturated rings. The molecule has 16 rings (SSSR count). The van der Waals surface area contributed by atoms with Gasteiger partial charge in [-0.3, -0.25) is 19.9 Å². The molecule has 0 unspecified atom stereocenters. The third kappa shape index (κ3) is 9.86. The SMILES string of the molecule is c1cnc2c(-c3ccc(-c4cc(-c5ccc(-c6cccc7cccnc67)cc5)nc(-c5ccc(-c6ccc(-c7nc(-c8ccc(-c9cccc%10cccnc9%10)cc8)cc(-c8ccc(-c9cccc%10cccnc9%10)cc8)n7)cc6)cc5)n4)cc3)cccc2c1. The topological polar surface area (TPSA) is 103 Å². The van der Waals surface area contributed by atoms with E-state index in [1.54, 1.807) is 0 Å². The summed E-state index contributed by atoms with van der Waals surface area (Å²) in [6.45, 7) is 0. The summed E-state index contributed by atoms with van der Waals surface area (Å²) in [5.41, 5.74) is 23.8. The second-order valence-corrected chi connectivity index (χ2v) is 21.9. The minimum atomic E-state index is 0.632. The van der Waals surface area contributed by atoms with Crippen molar-refractivity contribution in [3.05, 3.63) is 304 Å². The largest absolute Gasteiger partial charge is 0.256 e. The summed E-state index contributed by atoms with van der Waals surface area (Å²) in [5, 5.41) is 4.42. The molecule has 0 spiro atoms. The zero-order chi connectivity index (χ0) is 58.3. The van der Waals surface area contributed by atoms with E-state index in [0.717, 1.165) is 155 Å². The highest BCUT2D eigenvalue weighted by molar-refractivity contribution is 5.97. The van der Waals surface area contributed by atoms with Crippen LogP contribution in [0.5, 0.6) is 0 Å². The van der Waals surface area contributed by atoms with E-state index in [1.807, 2.05) is 49.1 Å². The number of hydrogen-bond donors (Lipinski definition) is 0. The van der Waals surface area contributed by atoms with Gasteiger partial charge in [0.05, 0.1) is 44.8 Å². The maximum atomic E-state index is 5.26. The molecule has 0 atom stereocenters. The Kier molecular flexibility index (Phi) is 13.0. The second-order valence-electron chi connectivity index (χ2n) is 21.9. The van der Waals surface area contributed by atoms with Crippen molar-refractivity contribution in [2.45, 2.75) is 0 Å². The molecular weight excluding hydrogens is 1070 g/mol. The van der Waals surface area contributed by atoms with Crippen LogP contribution in [0.15, 0.2) is 304 Å². The van der Waals surface area contributed by atoms with Crippen molar-refractivity contribution in [3.63, 3.8) is 0 Å². The van der Waals surface area contributed by atoms with Gasteiger partial charge in [-0.05, 0) is 69.8 Å². The Balaban J connectivity index is 0.726. The highest BCUT2D eigenvalue weighted by atomic mass is 14.9. The summed E-state index contributed by atoms with van der Waals surface area (Å²) in [6.07, 6.45) is 7.40. The van der Waals surface area contributed by atoms with E-state index in [9.17, 15) is 0 Å². The molecule has 88 heavy (non-hydrogen) atoms. The summed E-state index contributed by atoms with van der Waals surface area (Å²) < 4.78 is 0. The molecule has 8 heteroatoms. The number of fused-ring (bicyclic) bond motifs is 4. The van der Waals surface area contributed by atoms with Gasteiger partial charge in [-0.25, -0.2) is 19.9 Å². The van der Waals surface area contributed by atoms with E-state index in [1.165, 1.54) is 0 Å². The van der Waals surface area contributed by atoms with Gasteiger partial charge < -0.3 is 0 Å². The lowest BCUT2D eigenvalue weighted by atomic mass is 9.98. The zero-order valence-electron chi connectivity index (χ0n) is 47.4. The maximum absolute atomic E-state index is 5.26. The number of rotatable bonds is 11. The van der Waals surface area contributed by atoms with Crippen molar-refractivity contribution in [2.75, 3.05) is 0 Å². The van der Waals surface area contributed by atoms with Crippen LogP contribution in [-0.4, -0.2) is 39.9 Å². The molecule has 0 N–H and O–H groups in total. The average Bonchev–Trinajstić information content (AvgIpc) is 3.81. The summed E-state index contributed by atoms with van der Waals surface area (Å²) in [4.78, 5) is 40.0. The minimum absolute atomic E-state index is 0.632. The quantitative estimate of drug-likeness (QED) is 0.126. The Morgan fingerprint density at radius 1 is 0.170 bits per heavy atom. The van der Waals surface area contributed by atoms with Gasteiger partial charge >= 0.3 is 0 Å². The molecule has 0 saturated carbocycles. The lowest BCUT2D eigenvalue weighted by Gasteiger charge is -2.12.